The first-order valence-corrected chi connectivity index (χ1v) is 11.1. The van der Waals surface area contributed by atoms with Gasteiger partial charge in [-0.05, 0) is 62.6 Å². The van der Waals surface area contributed by atoms with Crippen LogP contribution in [0.1, 0.15) is 36.8 Å². The first kappa shape index (κ1) is 21.0. The van der Waals surface area contributed by atoms with Crippen LogP contribution in [0.2, 0.25) is 0 Å². The van der Waals surface area contributed by atoms with Crippen LogP contribution in [0.5, 0.6) is 0 Å². The van der Waals surface area contributed by atoms with Crippen molar-refractivity contribution in [2.75, 3.05) is 0 Å². The maximum atomic E-state index is 14.0. The molecule has 0 saturated heterocycles. The highest BCUT2D eigenvalue weighted by atomic mass is 19.1. The Morgan fingerprint density at radius 3 is 2.55 bits per heavy atom. The molecule has 5 rings (SSSR count). The number of rotatable bonds is 6. The Morgan fingerprint density at radius 2 is 1.79 bits per heavy atom. The van der Waals surface area contributed by atoms with E-state index >= 15 is 0 Å². The molecule has 7 heteroatoms. The zero-order chi connectivity index (χ0) is 22.9. The van der Waals surface area contributed by atoms with Crippen molar-refractivity contribution in [3.63, 3.8) is 0 Å². The number of aromatic nitrogens is 6. The summed E-state index contributed by atoms with van der Waals surface area (Å²) in [4.78, 5) is 17.2. The third-order valence-electron chi connectivity index (χ3n) is 5.78. The van der Waals surface area contributed by atoms with Gasteiger partial charge in [-0.3, -0.25) is 14.6 Å². The van der Waals surface area contributed by atoms with Gasteiger partial charge in [0.1, 0.15) is 17.3 Å². The molecule has 0 radical (unpaired) electrons. The molecule has 5 aromatic rings. The van der Waals surface area contributed by atoms with Crippen molar-refractivity contribution in [2.45, 2.75) is 39.7 Å². The second kappa shape index (κ2) is 8.58. The van der Waals surface area contributed by atoms with Crippen LogP contribution in [-0.2, 0) is 12.8 Å². The predicted molar refractivity (Wildman–Crippen MR) is 127 cm³/mol. The largest absolute Gasteiger partial charge is 0.340 e. The molecule has 0 unspecified atom stereocenters. The van der Waals surface area contributed by atoms with Crippen molar-refractivity contribution < 1.29 is 4.39 Å². The summed E-state index contributed by atoms with van der Waals surface area (Å²) < 4.78 is 15.9. The highest BCUT2D eigenvalue weighted by Gasteiger charge is 2.18. The van der Waals surface area contributed by atoms with E-state index in [1.165, 1.54) is 0 Å². The third-order valence-corrected chi connectivity index (χ3v) is 5.78. The van der Waals surface area contributed by atoms with E-state index < -0.39 is 0 Å². The molecule has 33 heavy (non-hydrogen) atoms. The molecule has 0 spiro atoms. The molecule has 0 fully saturated rings. The van der Waals surface area contributed by atoms with Crippen molar-refractivity contribution in [3.8, 4) is 22.6 Å². The molecule has 3 aromatic heterocycles. The number of hydrogen-bond donors (Lipinski definition) is 1. The lowest BCUT2D eigenvalue weighted by Crippen LogP contribution is -2.01. The number of nitrogens with one attached hydrogen (secondary N) is 1. The van der Waals surface area contributed by atoms with Gasteiger partial charge in [-0.25, -0.2) is 9.37 Å². The lowest BCUT2D eigenvalue weighted by molar-refractivity contribution is 0.534. The van der Waals surface area contributed by atoms with E-state index in [1.807, 2.05) is 47.3 Å². The minimum Gasteiger partial charge on any atom is -0.340 e. The molecule has 0 atom stereocenters. The lowest BCUT2D eigenvalue weighted by atomic mass is 10.1. The number of nitrogens with zero attached hydrogens (tertiary/aromatic N) is 5. The van der Waals surface area contributed by atoms with Crippen molar-refractivity contribution in [1.82, 2.24) is 29.7 Å². The molecule has 0 aliphatic carbocycles. The minimum atomic E-state index is -0.176. The van der Waals surface area contributed by atoms with Gasteiger partial charge in [0.15, 0.2) is 0 Å². The maximum Gasteiger partial charge on any atom is 0.126 e. The number of benzene rings is 2. The highest BCUT2D eigenvalue weighted by Crippen LogP contribution is 2.31. The monoisotopic (exact) mass is 440 g/mol. The minimum absolute atomic E-state index is 0.176. The topological polar surface area (TPSA) is 72.3 Å². The standard InChI is InChI=1S/C26H25FN6/c1-16(2)33-13-10-22(32-33)26-25(19-7-8-21-23(15-19)29-12-11-28-21)30-24(31-26)9-6-18-5-4-17(3)20(27)14-18/h4-5,7-8,10-16H,6,9H2,1-3H3,(H,30,31). The molecular formula is C26H25FN6. The molecule has 0 bridgehead atoms. The van der Waals surface area contributed by atoms with Crippen LogP contribution in [0.4, 0.5) is 4.39 Å². The summed E-state index contributed by atoms with van der Waals surface area (Å²) in [5, 5.41) is 4.75. The summed E-state index contributed by atoms with van der Waals surface area (Å²) in [7, 11) is 0. The molecule has 6 nitrogen and oxygen atoms in total. The van der Waals surface area contributed by atoms with Crippen molar-refractivity contribution in [1.29, 1.82) is 0 Å². The Hall–Kier alpha value is -3.87. The SMILES string of the molecule is Cc1ccc(CCc2nc(-c3ccc4nccnc4c3)c(-c3ccn(C(C)C)n3)[nH]2)cc1F. The van der Waals surface area contributed by atoms with E-state index in [0.29, 0.717) is 18.4 Å². The molecule has 0 aliphatic rings. The number of halogens is 1. The van der Waals surface area contributed by atoms with Gasteiger partial charge in [0.05, 0.1) is 22.4 Å². The average molecular weight is 441 g/mol. The lowest BCUT2D eigenvalue weighted by Gasteiger charge is -2.04. The number of fused-ring (bicyclic) bond motifs is 1. The predicted octanol–water partition coefficient (Wildman–Crippen LogP) is 5.70. The molecule has 1 N–H and O–H groups in total. The summed E-state index contributed by atoms with van der Waals surface area (Å²) in [6, 6.07) is 13.6. The van der Waals surface area contributed by atoms with Gasteiger partial charge in [0, 0.05) is 36.6 Å². The first-order chi connectivity index (χ1) is 16.0. The number of aryl methyl sites for hydroxylation is 3. The molecular weight excluding hydrogens is 415 g/mol. The van der Waals surface area contributed by atoms with Crippen LogP contribution >= 0.6 is 0 Å². The first-order valence-electron chi connectivity index (χ1n) is 11.1. The second-order valence-electron chi connectivity index (χ2n) is 8.53. The fraction of sp³-hybridized carbons (Fsp3) is 0.231. The van der Waals surface area contributed by atoms with Crippen LogP contribution in [0.25, 0.3) is 33.7 Å². The smallest absolute Gasteiger partial charge is 0.126 e. The van der Waals surface area contributed by atoms with Gasteiger partial charge in [-0.1, -0.05) is 18.2 Å². The quantitative estimate of drug-likeness (QED) is 0.368. The highest BCUT2D eigenvalue weighted by molar-refractivity contribution is 5.84. The summed E-state index contributed by atoms with van der Waals surface area (Å²) in [6.45, 7) is 5.96. The number of hydrogen-bond acceptors (Lipinski definition) is 4. The van der Waals surface area contributed by atoms with E-state index in [-0.39, 0.29) is 11.9 Å². The van der Waals surface area contributed by atoms with E-state index in [0.717, 1.165) is 45.1 Å². The zero-order valence-electron chi connectivity index (χ0n) is 18.9. The number of imidazole rings is 1. The van der Waals surface area contributed by atoms with Crippen LogP contribution in [-0.4, -0.2) is 29.7 Å². The number of aromatic amines is 1. The summed E-state index contributed by atoms with van der Waals surface area (Å²) in [5.41, 5.74) is 6.71. The van der Waals surface area contributed by atoms with Gasteiger partial charge in [-0.2, -0.15) is 5.10 Å². The van der Waals surface area contributed by atoms with Gasteiger partial charge in [0.25, 0.3) is 0 Å². The Labute approximate surface area is 191 Å². The summed E-state index contributed by atoms with van der Waals surface area (Å²) in [6.07, 6.45) is 6.70. The maximum absolute atomic E-state index is 14.0. The average Bonchev–Trinajstić information content (AvgIpc) is 3.47. The third kappa shape index (κ3) is 4.26. The Morgan fingerprint density at radius 1 is 0.970 bits per heavy atom. The van der Waals surface area contributed by atoms with Crippen LogP contribution in [0.15, 0.2) is 61.1 Å². The molecule has 3 heterocycles. The van der Waals surface area contributed by atoms with E-state index in [2.05, 4.69) is 28.8 Å². The molecule has 2 aromatic carbocycles. The van der Waals surface area contributed by atoms with Crippen LogP contribution in [0, 0.1) is 12.7 Å². The Balaban J connectivity index is 1.53. The van der Waals surface area contributed by atoms with Gasteiger partial charge < -0.3 is 4.98 Å². The van der Waals surface area contributed by atoms with Gasteiger partial charge in [0.2, 0.25) is 0 Å². The molecule has 0 saturated carbocycles. The fourth-order valence-corrected chi connectivity index (χ4v) is 3.86. The van der Waals surface area contributed by atoms with E-state index in [9.17, 15) is 4.39 Å². The van der Waals surface area contributed by atoms with Crippen molar-refractivity contribution in [3.05, 3.63) is 83.8 Å². The fourth-order valence-electron chi connectivity index (χ4n) is 3.86. The van der Waals surface area contributed by atoms with Crippen LogP contribution in [0.3, 0.4) is 0 Å². The number of H-pyrrole nitrogens is 1. The molecule has 166 valence electrons. The molecule has 0 amide bonds. The summed E-state index contributed by atoms with van der Waals surface area (Å²) in [5.74, 6) is 0.657. The normalized spacial score (nSPS) is 11.5. The molecule has 0 aliphatic heterocycles. The summed E-state index contributed by atoms with van der Waals surface area (Å²) >= 11 is 0. The Kier molecular flexibility index (Phi) is 5.46. The van der Waals surface area contributed by atoms with Crippen LogP contribution < -0.4 is 0 Å². The van der Waals surface area contributed by atoms with Gasteiger partial charge in [-0.15, -0.1) is 0 Å². The van der Waals surface area contributed by atoms with Crippen molar-refractivity contribution >= 4 is 11.0 Å². The second-order valence-corrected chi connectivity index (χ2v) is 8.53. The van der Waals surface area contributed by atoms with Crippen molar-refractivity contribution in [2.24, 2.45) is 0 Å². The van der Waals surface area contributed by atoms with E-state index in [4.69, 9.17) is 10.1 Å². The Bertz CT molecular complexity index is 1430. The van der Waals surface area contributed by atoms with Gasteiger partial charge >= 0.3 is 0 Å². The van der Waals surface area contributed by atoms with E-state index in [1.54, 1.807) is 25.4 Å². The zero-order valence-corrected chi connectivity index (χ0v) is 18.9.